The molecule has 0 fully saturated rings. The lowest BCUT2D eigenvalue weighted by Crippen LogP contribution is -2.12. The van der Waals surface area contributed by atoms with E-state index in [1.54, 1.807) is 12.1 Å². The summed E-state index contributed by atoms with van der Waals surface area (Å²) in [5, 5.41) is 4.23. The minimum absolute atomic E-state index is 0.235. The highest BCUT2D eigenvalue weighted by atomic mass is 35.5. The Kier molecular flexibility index (Phi) is 3.57. The molecule has 0 bridgehead atoms. The van der Waals surface area contributed by atoms with Gasteiger partial charge in [0.1, 0.15) is 4.88 Å². The van der Waals surface area contributed by atoms with Crippen molar-refractivity contribution < 1.29 is 4.79 Å². The van der Waals surface area contributed by atoms with Gasteiger partial charge in [-0.05, 0) is 24.6 Å². The second-order valence-corrected chi connectivity index (χ2v) is 6.16. The lowest BCUT2D eigenvalue weighted by atomic mass is 10.1. The zero-order valence-corrected chi connectivity index (χ0v) is 12.9. The molecule has 3 rings (SSSR count). The number of fused-ring (bicyclic) bond motifs is 1. The van der Waals surface area contributed by atoms with E-state index in [1.807, 2.05) is 37.3 Å². The number of rotatable bonds is 2. The lowest BCUT2D eigenvalue weighted by Gasteiger charge is -2.06. The Morgan fingerprint density at radius 1 is 1.19 bits per heavy atom. The summed E-state index contributed by atoms with van der Waals surface area (Å²) >= 11 is 7.46. The van der Waals surface area contributed by atoms with Crippen molar-refractivity contribution in [2.75, 3.05) is 11.1 Å². The zero-order valence-electron chi connectivity index (χ0n) is 11.3. The van der Waals surface area contributed by atoms with Crippen LogP contribution in [-0.4, -0.2) is 5.91 Å². The number of carbonyl (C=O) groups excluding carboxylic acids is 1. The van der Waals surface area contributed by atoms with Crippen LogP contribution >= 0.6 is 22.9 Å². The molecule has 0 atom stereocenters. The fraction of sp³-hybridized carbons (Fsp3) is 0.0625. The first-order chi connectivity index (χ1) is 10.1. The van der Waals surface area contributed by atoms with Crippen molar-refractivity contribution in [1.29, 1.82) is 0 Å². The van der Waals surface area contributed by atoms with Gasteiger partial charge in [-0.2, -0.15) is 0 Å². The van der Waals surface area contributed by atoms with Crippen molar-refractivity contribution in [2.45, 2.75) is 6.92 Å². The molecule has 5 heteroatoms. The number of benzene rings is 2. The Bertz CT molecular complexity index is 841. The number of hydrogen-bond donors (Lipinski definition) is 2. The number of halogens is 1. The predicted octanol–water partition coefficient (Wildman–Crippen LogP) is 4.70. The fourth-order valence-electron chi connectivity index (χ4n) is 2.19. The van der Waals surface area contributed by atoms with E-state index in [2.05, 4.69) is 5.32 Å². The van der Waals surface area contributed by atoms with Crippen LogP contribution in [0.25, 0.3) is 10.1 Å². The molecule has 106 valence electrons. The van der Waals surface area contributed by atoms with Gasteiger partial charge in [0.05, 0.1) is 16.4 Å². The first-order valence-electron chi connectivity index (χ1n) is 6.41. The molecule has 0 aliphatic heterocycles. The van der Waals surface area contributed by atoms with Crippen LogP contribution in [0.5, 0.6) is 0 Å². The quantitative estimate of drug-likeness (QED) is 0.720. The third-order valence-corrected chi connectivity index (χ3v) is 4.96. The van der Waals surface area contributed by atoms with Gasteiger partial charge in [-0.25, -0.2) is 0 Å². The molecule has 21 heavy (non-hydrogen) atoms. The fourth-order valence-corrected chi connectivity index (χ4v) is 3.46. The minimum Gasteiger partial charge on any atom is -0.397 e. The average Bonchev–Trinajstić information content (AvgIpc) is 2.81. The summed E-state index contributed by atoms with van der Waals surface area (Å²) in [7, 11) is 0. The maximum atomic E-state index is 12.4. The molecule has 1 heterocycles. The van der Waals surface area contributed by atoms with E-state index >= 15 is 0 Å². The van der Waals surface area contributed by atoms with Crippen LogP contribution in [-0.2, 0) is 0 Å². The van der Waals surface area contributed by atoms with E-state index in [9.17, 15) is 4.79 Å². The number of nitrogens with one attached hydrogen (secondary N) is 1. The van der Waals surface area contributed by atoms with Crippen molar-refractivity contribution in [2.24, 2.45) is 0 Å². The van der Waals surface area contributed by atoms with Crippen LogP contribution in [0.4, 0.5) is 11.4 Å². The molecule has 3 aromatic rings. The third kappa shape index (κ3) is 2.48. The number of hydrogen-bond acceptors (Lipinski definition) is 3. The largest absolute Gasteiger partial charge is 0.397 e. The van der Waals surface area contributed by atoms with E-state index < -0.39 is 0 Å². The first-order valence-corrected chi connectivity index (χ1v) is 7.61. The van der Waals surface area contributed by atoms with E-state index in [4.69, 9.17) is 17.3 Å². The summed E-state index contributed by atoms with van der Waals surface area (Å²) in [5.74, 6) is -0.235. The molecule has 0 radical (unpaired) electrons. The normalized spacial score (nSPS) is 10.8. The number of nitrogens with two attached hydrogens (primary N) is 1. The summed E-state index contributed by atoms with van der Waals surface area (Å²) in [6.45, 7) is 2.01. The maximum Gasteiger partial charge on any atom is 0.267 e. The van der Waals surface area contributed by atoms with Gasteiger partial charge < -0.3 is 11.1 Å². The number of para-hydroxylation sites is 1. The van der Waals surface area contributed by atoms with Crippen molar-refractivity contribution in [1.82, 2.24) is 0 Å². The molecule has 0 saturated heterocycles. The second kappa shape index (κ2) is 5.39. The SMILES string of the molecule is Cc1cccc2c(N)c(C(=O)Nc3ccccc3Cl)sc12. The van der Waals surface area contributed by atoms with Gasteiger partial charge in [0.15, 0.2) is 0 Å². The summed E-state index contributed by atoms with van der Waals surface area (Å²) in [6.07, 6.45) is 0. The molecule has 3 nitrogen and oxygen atoms in total. The highest BCUT2D eigenvalue weighted by Crippen LogP contribution is 2.36. The molecular formula is C16H13ClN2OS. The third-order valence-electron chi connectivity index (χ3n) is 3.28. The van der Waals surface area contributed by atoms with Gasteiger partial charge in [-0.1, -0.05) is 41.9 Å². The number of thiophene rings is 1. The molecule has 2 aromatic carbocycles. The summed E-state index contributed by atoms with van der Waals surface area (Å²) < 4.78 is 1.04. The Hall–Kier alpha value is -2.04. The maximum absolute atomic E-state index is 12.4. The van der Waals surface area contributed by atoms with Crippen molar-refractivity contribution in [3.8, 4) is 0 Å². The van der Waals surface area contributed by atoms with Gasteiger partial charge in [-0.3, -0.25) is 4.79 Å². The Morgan fingerprint density at radius 3 is 2.67 bits per heavy atom. The molecular weight excluding hydrogens is 304 g/mol. The predicted molar refractivity (Wildman–Crippen MR) is 90.4 cm³/mol. The number of aryl methyl sites for hydroxylation is 1. The molecule has 0 aliphatic rings. The van der Waals surface area contributed by atoms with Crippen molar-refractivity contribution in [3.63, 3.8) is 0 Å². The number of carbonyl (C=O) groups is 1. The van der Waals surface area contributed by atoms with E-state index in [0.29, 0.717) is 21.3 Å². The van der Waals surface area contributed by atoms with Gasteiger partial charge in [0.25, 0.3) is 5.91 Å². The smallest absolute Gasteiger partial charge is 0.267 e. The topological polar surface area (TPSA) is 55.1 Å². The van der Waals surface area contributed by atoms with Crippen LogP contribution in [0.3, 0.4) is 0 Å². The average molecular weight is 317 g/mol. The van der Waals surface area contributed by atoms with E-state index in [0.717, 1.165) is 15.6 Å². The Labute approximate surface area is 131 Å². The highest BCUT2D eigenvalue weighted by Gasteiger charge is 2.17. The standard InChI is InChI=1S/C16H13ClN2OS/c1-9-5-4-6-10-13(18)15(21-14(9)10)16(20)19-12-8-3-2-7-11(12)17/h2-8H,18H2,1H3,(H,19,20). The zero-order chi connectivity index (χ0) is 15.0. The Morgan fingerprint density at radius 2 is 1.95 bits per heavy atom. The summed E-state index contributed by atoms with van der Waals surface area (Å²) in [6, 6.07) is 13.0. The number of nitrogen functional groups attached to an aromatic ring is 1. The van der Waals surface area contributed by atoms with Crippen LogP contribution in [0, 0.1) is 6.92 Å². The Balaban J connectivity index is 2.01. The van der Waals surface area contributed by atoms with Gasteiger partial charge >= 0.3 is 0 Å². The number of anilines is 2. The van der Waals surface area contributed by atoms with E-state index in [1.165, 1.54) is 11.3 Å². The first kappa shape index (κ1) is 13.9. The van der Waals surface area contributed by atoms with Gasteiger partial charge in [0, 0.05) is 10.1 Å². The van der Waals surface area contributed by atoms with Gasteiger partial charge in [-0.15, -0.1) is 11.3 Å². The molecule has 1 aromatic heterocycles. The monoisotopic (exact) mass is 316 g/mol. The summed E-state index contributed by atoms with van der Waals surface area (Å²) in [5.41, 5.74) is 8.33. The molecule has 1 amide bonds. The van der Waals surface area contributed by atoms with Crippen molar-refractivity contribution >= 4 is 50.3 Å². The number of amides is 1. The highest BCUT2D eigenvalue weighted by molar-refractivity contribution is 7.21. The van der Waals surface area contributed by atoms with Crippen LogP contribution in [0.15, 0.2) is 42.5 Å². The molecule has 0 saturated carbocycles. The lowest BCUT2D eigenvalue weighted by molar-refractivity contribution is 0.103. The molecule has 0 unspecified atom stereocenters. The van der Waals surface area contributed by atoms with E-state index in [-0.39, 0.29) is 5.91 Å². The van der Waals surface area contributed by atoms with Crippen molar-refractivity contribution in [3.05, 3.63) is 57.9 Å². The minimum atomic E-state index is -0.235. The summed E-state index contributed by atoms with van der Waals surface area (Å²) in [4.78, 5) is 12.9. The molecule has 0 aliphatic carbocycles. The molecule has 0 spiro atoms. The van der Waals surface area contributed by atoms with Crippen LogP contribution in [0.1, 0.15) is 15.2 Å². The van der Waals surface area contributed by atoms with Crippen LogP contribution < -0.4 is 11.1 Å². The molecule has 3 N–H and O–H groups in total. The second-order valence-electron chi connectivity index (χ2n) is 4.73. The van der Waals surface area contributed by atoms with Crippen LogP contribution in [0.2, 0.25) is 5.02 Å². The van der Waals surface area contributed by atoms with Gasteiger partial charge in [0.2, 0.25) is 0 Å².